The predicted molar refractivity (Wildman–Crippen MR) is 200 cm³/mol. The van der Waals surface area contributed by atoms with E-state index < -0.39 is 0 Å². The van der Waals surface area contributed by atoms with Crippen molar-refractivity contribution in [3.8, 4) is 11.1 Å². The number of allylic oxidation sites excluding steroid dienone is 8. The SMILES string of the molecule is CCc1cc(-c2ccccc2)c2c(c1)=[C-]C1=C(C3=CC=CC3)C(CC)(c3ccccc3)C=CC=21.[Cl-].[Cl-].[Zr+2]=[C](c1ccccc1)c1ccccc1. The summed E-state index contributed by atoms with van der Waals surface area (Å²) in [5, 5.41) is 2.56. The summed E-state index contributed by atoms with van der Waals surface area (Å²) in [6.45, 7) is 4.56. The van der Waals surface area contributed by atoms with Gasteiger partial charge in [0.25, 0.3) is 0 Å². The van der Waals surface area contributed by atoms with Gasteiger partial charge in [0.1, 0.15) is 0 Å². The molecule has 8 rings (SSSR count). The molecule has 0 nitrogen and oxygen atoms in total. The molecule has 5 aromatic rings. The molecule has 0 aromatic heterocycles. The van der Waals surface area contributed by atoms with Crippen LogP contribution in [0.5, 0.6) is 0 Å². The minimum atomic E-state index is -0.145. The van der Waals surface area contributed by atoms with Gasteiger partial charge in [0, 0.05) is 5.41 Å². The van der Waals surface area contributed by atoms with Crippen molar-refractivity contribution in [3.05, 3.63) is 213 Å². The molecule has 0 radical (unpaired) electrons. The number of hydrogen-bond donors (Lipinski definition) is 0. The Hall–Kier alpha value is -3.87. The Balaban J connectivity index is 0.000000257. The fraction of sp³-hybridized carbons (Fsp3) is 0.128. The minimum absolute atomic E-state index is 0. The average Bonchev–Trinajstić information content (AvgIpc) is 3.84. The zero-order chi connectivity index (χ0) is 32.9. The van der Waals surface area contributed by atoms with E-state index in [2.05, 4.69) is 184 Å². The first-order valence-corrected chi connectivity index (χ1v) is 18.3. The van der Waals surface area contributed by atoms with Gasteiger partial charge in [-0.15, -0.1) is 33.7 Å². The summed E-state index contributed by atoms with van der Waals surface area (Å²) in [6.07, 6.45) is 18.6. The quantitative estimate of drug-likeness (QED) is 0.222. The van der Waals surface area contributed by atoms with E-state index in [-0.39, 0.29) is 30.2 Å². The van der Waals surface area contributed by atoms with E-state index in [4.69, 9.17) is 0 Å². The van der Waals surface area contributed by atoms with Crippen molar-refractivity contribution in [2.75, 3.05) is 0 Å². The van der Waals surface area contributed by atoms with Crippen molar-refractivity contribution < 1.29 is 49.0 Å². The van der Waals surface area contributed by atoms with E-state index in [1.165, 1.54) is 93.6 Å². The molecule has 0 saturated carbocycles. The van der Waals surface area contributed by atoms with Crippen LogP contribution in [0.3, 0.4) is 0 Å². The second-order valence-corrected chi connectivity index (χ2v) is 13.8. The molecule has 246 valence electrons. The van der Waals surface area contributed by atoms with E-state index in [1.54, 1.807) is 0 Å². The predicted octanol–water partition coefficient (Wildman–Crippen LogP) is 3.65. The van der Waals surface area contributed by atoms with Crippen LogP contribution < -0.4 is 35.3 Å². The summed E-state index contributed by atoms with van der Waals surface area (Å²) in [4.78, 5) is 0. The van der Waals surface area contributed by atoms with Gasteiger partial charge in [-0.2, -0.15) is 0 Å². The van der Waals surface area contributed by atoms with Crippen molar-refractivity contribution in [1.29, 1.82) is 0 Å². The monoisotopic (exact) mass is 763 g/mol. The van der Waals surface area contributed by atoms with Crippen LogP contribution >= 0.6 is 0 Å². The molecular formula is C47H39Cl2Zr-. The topological polar surface area (TPSA) is 0 Å². The molecular weight excluding hydrogens is 727 g/mol. The van der Waals surface area contributed by atoms with E-state index >= 15 is 0 Å². The van der Waals surface area contributed by atoms with Crippen LogP contribution in [-0.4, -0.2) is 3.21 Å². The Bertz CT molecular complexity index is 2170. The molecule has 3 heteroatoms. The number of fused-ring (bicyclic) bond motifs is 2. The fourth-order valence-corrected chi connectivity index (χ4v) is 8.11. The normalized spacial score (nSPS) is 16.6. The Kier molecular flexibility index (Phi) is 12.6. The molecule has 0 saturated heterocycles. The van der Waals surface area contributed by atoms with Crippen molar-refractivity contribution >= 4 is 14.9 Å². The van der Waals surface area contributed by atoms with Crippen molar-refractivity contribution in [2.24, 2.45) is 0 Å². The van der Waals surface area contributed by atoms with E-state index in [1.807, 2.05) is 0 Å². The molecule has 0 aliphatic heterocycles. The molecule has 50 heavy (non-hydrogen) atoms. The zero-order valence-electron chi connectivity index (χ0n) is 28.5. The number of rotatable bonds is 7. The van der Waals surface area contributed by atoms with Gasteiger partial charge in [-0.25, -0.2) is 0 Å². The molecule has 1 unspecified atom stereocenters. The average molecular weight is 766 g/mol. The van der Waals surface area contributed by atoms with Gasteiger partial charge in [0.05, 0.1) is 0 Å². The van der Waals surface area contributed by atoms with Crippen molar-refractivity contribution in [3.63, 3.8) is 0 Å². The van der Waals surface area contributed by atoms with E-state index in [0.717, 1.165) is 19.3 Å². The second-order valence-electron chi connectivity index (χ2n) is 12.5. The van der Waals surface area contributed by atoms with Crippen LogP contribution in [0, 0.1) is 0 Å². The number of benzene rings is 5. The summed E-state index contributed by atoms with van der Waals surface area (Å²) in [5.74, 6) is 0. The molecule has 5 aromatic carbocycles. The molecule has 0 N–H and O–H groups in total. The maximum absolute atomic E-state index is 3.93. The Morgan fingerprint density at radius 1 is 0.740 bits per heavy atom. The first kappa shape index (κ1) is 37.4. The third-order valence-corrected chi connectivity index (χ3v) is 11.2. The first-order valence-electron chi connectivity index (χ1n) is 17.0. The number of aryl methyl sites for hydroxylation is 1. The van der Waals surface area contributed by atoms with Gasteiger partial charge >= 0.3 is 99.2 Å². The maximum atomic E-state index is 3.93. The van der Waals surface area contributed by atoms with Gasteiger partial charge in [0.15, 0.2) is 0 Å². The van der Waals surface area contributed by atoms with Gasteiger partial charge in [0.2, 0.25) is 0 Å². The second kappa shape index (κ2) is 16.9. The van der Waals surface area contributed by atoms with Gasteiger partial charge in [-0.3, -0.25) is 0 Å². The molecule has 0 amide bonds. The summed E-state index contributed by atoms with van der Waals surface area (Å²) < 4.78 is 1.42. The molecule has 0 spiro atoms. The van der Waals surface area contributed by atoms with Crippen LogP contribution in [0.2, 0.25) is 0 Å². The van der Waals surface area contributed by atoms with Crippen molar-refractivity contribution in [2.45, 2.75) is 38.5 Å². The summed E-state index contributed by atoms with van der Waals surface area (Å²) in [7, 11) is 0. The standard InChI is InChI=1S/C34H29.C13H10.2ClH.Zr/c1-3-24-21-27-23-31-29(32(27)30(22-24)25-13-7-5-8-14-25)19-20-34(4-2,28-17-9-6-10-18-28)33(31)26-15-11-12-16-26;1-3-7-12(8-4-1)11-13-9-5-2-6-10-13;;;/h5-15,17-22H,3-4,16H2,1-2H3;1-10H;2*1H;/q-1;;;;+2/p-2. The van der Waals surface area contributed by atoms with Crippen LogP contribution in [0.25, 0.3) is 22.8 Å². The molecule has 3 aliphatic carbocycles. The molecule has 0 fully saturated rings. The summed E-state index contributed by atoms with van der Waals surface area (Å²) in [6, 6.07) is 47.7. The van der Waals surface area contributed by atoms with Crippen LogP contribution in [0.15, 0.2) is 181 Å². The third-order valence-electron chi connectivity index (χ3n) is 9.78. The van der Waals surface area contributed by atoms with Crippen molar-refractivity contribution in [1.82, 2.24) is 0 Å². The first-order chi connectivity index (χ1) is 23.6. The van der Waals surface area contributed by atoms with E-state index in [0.29, 0.717) is 0 Å². The Labute approximate surface area is 324 Å². The molecule has 0 bridgehead atoms. The van der Waals surface area contributed by atoms with Crippen LogP contribution in [0.4, 0.5) is 0 Å². The molecule has 0 heterocycles. The molecule has 3 aliphatic rings. The summed E-state index contributed by atoms with van der Waals surface area (Å²) in [5.41, 5.74) is 13.3. The zero-order valence-corrected chi connectivity index (χ0v) is 32.4. The van der Waals surface area contributed by atoms with Gasteiger partial charge in [-0.05, 0) is 30.4 Å². The van der Waals surface area contributed by atoms with E-state index in [9.17, 15) is 0 Å². The molecule has 1 atom stereocenters. The van der Waals surface area contributed by atoms with Crippen LogP contribution in [0.1, 0.15) is 48.9 Å². The number of halogens is 2. The Morgan fingerprint density at radius 3 is 1.86 bits per heavy atom. The van der Waals surface area contributed by atoms with Gasteiger partial charge < -0.3 is 24.8 Å². The summed E-state index contributed by atoms with van der Waals surface area (Å²) >= 11 is 1.46. The van der Waals surface area contributed by atoms with Crippen LogP contribution in [-0.2, 0) is 36.1 Å². The fourth-order valence-electron chi connectivity index (χ4n) is 7.29. The van der Waals surface area contributed by atoms with Gasteiger partial charge in [-0.1, -0.05) is 133 Å². The third kappa shape index (κ3) is 7.29. The number of hydrogen-bond acceptors (Lipinski definition) is 0. The Morgan fingerprint density at radius 2 is 1.32 bits per heavy atom.